The minimum Gasteiger partial charge on any atom is -0.495 e. The van der Waals surface area contributed by atoms with Gasteiger partial charge in [-0.3, -0.25) is 39.6 Å². The van der Waals surface area contributed by atoms with Crippen molar-refractivity contribution >= 4 is 110 Å². The van der Waals surface area contributed by atoms with Gasteiger partial charge in [0.2, 0.25) is 11.8 Å². The third-order valence-corrected chi connectivity index (χ3v) is 15.8. The van der Waals surface area contributed by atoms with Gasteiger partial charge >= 0.3 is 0 Å². The number of carbonyl (C=O) groups excluding carboxylic acids is 2. The summed E-state index contributed by atoms with van der Waals surface area (Å²) in [6.45, 7) is 13.6. The fourth-order valence-electron chi connectivity index (χ4n) is 8.95. The van der Waals surface area contributed by atoms with Crippen LogP contribution < -0.4 is 44.3 Å². The first-order chi connectivity index (χ1) is 39.7. The largest absolute Gasteiger partial charge is 0.495 e. The predicted molar refractivity (Wildman–Crippen MR) is 324 cm³/mol. The number of likely N-dealkylation sites (N-methyl/N-ethyl adjacent to an activating group) is 4. The van der Waals surface area contributed by atoms with Crippen molar-refractivity contribution in [2.75, 3.05) is 133 Å². The number of nitrogen functional groups attached to an aromatic ring is 1. The number of carbonyl (C=O) groups is 2. The van der Waals surface area contributed by atoms with Gasteiger partial charge in [0.05, 0.1) is 76.9 Å². The number of halogens is 5. The number of anilines is 5. The van der Waals surface area contributed by atoms with Crippen molar-refractivity contribution in [3.05, 3.63) is 141 Å². The van der Waals surface area contributed by atoms with E-state index in [-0.39, 0.29) is 78.3 Å². The Labute approximate surface area is 505 Å². The highest BCUT2D eigenvalue weighted by Crippen LogP contribution is 2.42. The number of nitro benzene ring substituents is 2. The first-order valence-corrected chi connectivity index (χ1v) is 27.8. The molecule has 2 aliphatic rings. The van der Waals surface area contributed by atoms with E-state index < -0.39 is 4.92 Å². The molecule has 0 saturated carbocycles. The highest BCUT2D eigenvalue weighted by atomic mass is 35.5. The van der Waals surface area contributed by atoms with E-state index in [4.69, 9.17) is 82.7 Å². The maximum Gasteiger partial charge on any atom is 0.294 e. The molecular weight excluding hydrogens is 1180 g/mol. The smallest absolute Gasteiger partial charge is 0.294 e. The number of methoxy groups -OCH3 is 4. The van der Waals surface area contributed by atoms with Gasteiger partial charge in [0, 0.05) is 137 Å². The summed E-state index contributed by atoms with van der Waals surface area (Å²) in [4.78, 5) is 75.9. The third-order valence-electron chi connectivity index (χ3n) is 14.0. The summed E-state index contributed by atoms with van der Waals surface area (Å²) in [5.74, 6) is 1.47. The molecule has 0 unspecified atom stereocenters. The van der Waals surface area contributed by atoms with Crippen molar-refractivity contribution in [2.24, 2.45) is 0 Å². The average Bonchev–Trinajstić information content (AvgIpc) is 3.64. The standard InChI is InChI=1S/C28H32Cl2N6O5.C15H14Cl3N3O3.C12H18N4O2/c1-5-34-8-10-35(11-9-34)20-7-6-18(22(14-20)36(38)39)12-19-13-25(32-17-31-19)33(2)26(37)15-21-27(29)23(40-3)16-24(41-4)28(21)30;1-21(12-6-11(16)19-7-20-12)13(22)4-8-14(17)9(23-2)5-10(24-3)15(8)18;1-2-14-5-7-15(8-6-14)10-3-4-11(13)12(9-10)16(17)18/h6-7,13-14,16-17H,5,8-12,15H2,1-4H3;5-7H,4H2,1-3H3;3-4,9H,2,5-8,13H2,1H3. The molecule has 0 bridgehead atoms. The monoisotopic (exact) mass is 1240 g/mol. The Hall–Kier alpha value is -7.25. The number of piperazine rings is 2. The Bertz CT molecular complexity index is 3220. The lowest BCUT2D eigenvalue weighted by molar-refractivity contribution is -0.385. The van der Waals surface area contributed by atoms with E-state index in [9.17, 15) is 29.8 Å². The molecule has 2 saturated heterocycles. The van der Waals surface area contributed by atoms with Gasteiger partial charge in [0.25, 0.3) is 11.4 Å². The lowest BCUT2D eigenvalue weighted by Gasteiger charge is -2.35. The van der Waals surface area contributed by atoms with Gasteiger partial charge in [-0.05, 0) is 37.4 Å². The van der Waals surface area contributed by atoms with Crippen LogP contribution in [0.1, 0.15) is 36.2 Å². The molecule has 6 aromatic rings. The zero-order valence-electron chi connectivity index (χ0n) is 47.0. The fourth-order valence-corrected chi connectivity index (χ4v) is 10.4. The number of benzene rings is 4. The van der Waals surface area contributed by atoms with Crippen LogP contribution in [0.15, 0.2) is 73.3 Å². The number of nitro groups is 2. The fraction of sp³-hybridized carbons (Fsp3) is 0.382. The van der Waals surface area contributed by atoms with Crippen LogP contribution in [0.4, 0.5) is 40.1 Å². The molecule has 2 aromatic heterocycles. The SMILES string of the molecule is CCN1CCN(c2ccc(Cc3cc(N(C)C(=O)Cc4c(Cl)c(OC)cc(OC)c4Cl)ncn3)c([N+](=O)[O-])c2)CC1.CCN1CCN(c2ccc(N)c([N+](=O)[O-])c2)CC1.COc1cc(OC)c(Cl)c(CC(=O)N(C)c2cc(Cl)ncn2)c1Cl. The maximum atomic E-state index is 13.2. The molecule has 0 atom stereocenters. The van der Waals surface area contributed by atoms with Gasteiger partial charge in [-0.2, -0.15) is 0 Å². The van der Waals surface area contributed by atoms with E-state index in [1.54, 1.807) is 56.6 Å². The van der Waals surface area contributed by atoms with E-state index >= 15 is 0 Å². The Morgan fingerprint density at radius 3 is 1.36 bits per heavy atom. The molecule has 2 aliphatic heterocycles. The second-order valence-electron chi connectivity index (χ2n) is 18.7. The van der Waals surface area contributed by atoms with Crippen molar-refractivity contribution in [2.45, 2.75) is 33.1 Å². The summed E-state index contributed by atoms with van der Waals surface area (Å²) < 4.78 is 21.0. The highest BCUT2D eigenvalue weighted by Gasteiger charge is 2.26. The second-order valence-corrected chi connectivity index (χ2v) is 20.6. The normalized spacial score (nSPS) is 13.4. The number of aromatic nitrogens is 4. The van der Waals surface area contributed by atoms with Crippen LogP contribution in [0, 0.1) is 20.2 Å². The minimum absolute atomic E-state index is 0.00887. The Kier molecular flexibility index (Phi) is 23.7. The number of amides is 2. The van der Waals surface area contributed by atoms with Crippen molar-refractivity contribution in [1.29, 1.82) is 0 Å². The van der Waals surface area contributed by atoms with Crippen LogP contribution in [0.2, 0.25) is 25.2 Å². The van der Waals surface area contributed by atoms with Gasteiger partial charge < -0.3 is 44.3 Å². The Balaban J connectivity index is 0.000000222. The van der Waals surface area contributed by atoms with Crippen LogP contribution in [0.25, 0.3) is 0 Å². The van der Waals surface area contributed by atoms with Crippen molar-refractivity contribution in [1.82, 2.24) is 29.7 Å². The summed E-state index contributed by atoms with van der Waals surface area (Å²) in [5, 5.41) is 24.0. The first-order valence-electron chi connectivity index (χ1n) is 25.9. The van der Waals surface area contributed by atoms with Gasteiger partial charge in [0.1, 0.15) is 58.1 Å². The molecule has 0 radical (unpaired) electrons. The van der Waals surface area contributed by atoms with Crippen molar-refractivity contribution in [3.8, 4) is 23.0 Å². The molecule has 2 N–H and O–H groups in total. The van der Waals surface area contributed by atoms with E-state index in [0.717, 1.165) is 76.8 Å². The number of hydrogen-bond donors (Lipinski definition) is 1. The summed E-state index contributed by atoms with van der Waals surface area (Å²) in [6, 6.07) is 16.6. The average molecular weight is 1240 g/mol. The van der Waals surface area contributed by atoms with Crippen LogP contribution >= 0.6 is 58.0 Å². The summed E-state index contributed by atoms with van der Waals surface area (Å²) in [5.41, 5.74) is 9.37. The number of ether oxygens (including phenoxy) is 4. The number of nitrogens with zero attached hydrogens (tertiary/aromatic N) is 12. The van der Waals surface area contributed by atoms with Gasteiger partial charge in [-0.15, -0.1) is 0 Å². The molecule has 2 amide bonds. The molecule has 4 aromatic carbocycles. The summed E-state index contributed by atoms with van der Waals surface area (Å²) >= 11 is 31.3. The van der Waals surface area contributed by atoms with Crippen molar-refractivity contribution < 1.29 is 38.4 Å². The summed E-state index contributed by atoms with van der Waals surface area (Å²) in [7, 11) is 8.99. The highest BCUT2D eigenvalue weighted by molar-refractivity contribution is 6.39. The number of nitrogens with two attached hydrogens (primary N) is 1. The minimum atomic E-state index is -0.429. The first kappa shape index (κ1) is 64.9. The van der Waals surface area contributed by atoms with Crippen LogP contribution in [0.5, 0.6) is 23.0 Å². The molecule has 83 heavy (non-hydrogen) atoms. The lowest BCUT2D eigenvalue weighted by Crippen LogP contribution is -2.46. The molecule has 8 rings (SSSR count). The van der Waals surface area contributed by atoms with Crippen LogP contribution in [-0.4, -0.2) is 159 Å². The van der Waals surface area contributed by atoms with E-state index in [1.807, 2.05) is 12.1 Å². The molecule has 23 nitrogen and oxygen atoms in total. The number of hydrogen-bond acceptors (Lipinski definition) is 19. The second kappa shape index (κ2) is 30.3. The van der Waals surface area contributed by atoms with Crippen molar-refractivity contribution in [3.63, 3.8) is 0 Å². The summed E-state index contributed by atoms with van der Waals surface area (Å²) in [6.07, 6.45) is 2.60. The zero-order chi connectivity index (χ0) is 60.7. The van der Waals surface area contributed by atoms with Gasteiger partial charge in [-0.25, -0.2) is 19.9 Å². The van der Waals surface area contributed by atoms with Gasteiger partial charge in [0.15, 0.2) is 0 Å². The van der Waals surface area contributed by atoms with E-state index in [2.05, 4.69) is 53.4 Å². The molecule has 2 fully saturated rings. The van der Waals surface area contributed by atoms with Crippen LogP contribution in [-0.2, 0) is 28.9 Å². The zero-order valence-corrected chi connectivity index (χ0v) is 50.8. The topological polar surface area (TPSA) is 254 Å². The van der Waals surface area contributed by atoms with Gasteiger partial charge in [-0.1, -0.05) is 71.9 Å². The Morgan fingerprint density at radius 2 is 0.964 bits per heavy atom. The molecule has 28 heteroatoms. The van der Waals surface area contributed by atoms with Crippen LogP contribution in [0.3, 0.4) is 0 Å². The quantitative estimate of drug-likeness (QED) is 0.0363. The van der Waals surface area contributed by atoms with E-state index in [1.165, 1.54) is 57.0 Å². The molecule has 0 aliphatic carbocycles. The van der Waals surface area contributed by atoms with E-state index in [0.29, 0.717) is 57.0 Å². The molecule has 444 valence electrons. The third kappa shape index (κ3) is 16.5. The molecule has 0 spiro atoms. The maximum absolute atomic E-state index is 13.2. The number of rotatable bonds is 18. The Morgan fingerprint density at radius 1 is 0.566 bits per heavy atom. The lowest BCUT2D eigenvalue weighted by atomic mass is 10.1. The molecule has 4 heterocycles. The molecular formula is C55H64Cl5N13O10. The predicted octanol–water partition coefficient (Wildman–Crippen LogP) is 9.63.